The van der Waals surface area contributed by atoms with Gasteiger partial charge in [-0.25, -0.2) is 0 Å². The van der Waals surface area contributed by atoms with Gasteiger partial charge in [0, 0.05) is 56.7 Å². The van der Waals surface area contributed by atoms with Crippen molar-refractivity contribution in [3.63, 3.8) is 0 Å². The molecule has 1 fully saturated rings. The summed E-state index contributed by atoms with van der Waals surface area (Å²) in [6.45, 7) is 1.47. The number of thioether (sulfide) groups is 1. The Kier molecular flexibility index (Phi) is 8.44. The zero-order valence-corrected chi connectivity index (χ0v) is 15.1. The number of rotatable bonds is 5. The van der Waals surface area contributed by atoms with Gasteiger partial charge in [0.25, 0.3) is 5.91 Å². The molecule has 128 valence electrons. The van der Waals surface area contributed by atoms with E-state index in [0.29, 0.717) is 18.5 Å². The van der Waals surface area contributed by atoms with Crippen LogP contribution in [-0.2, 0) is 11.3 Å². The Bertz CT molecular complexity index is 517. The Morgan fingerprint density at radius 3 is 2.57 bits per heavy atom. The molecule has 0 spiro atoms. The normalized spacial score (nSPS) is 17.0. The van der Waals surface area contributed by atoms with Gasteiger partial charge in [-0.15, -0.1) is 12.4 Å². The second-order valence-corrected chi connectivity index (χ2v) is 6.75. The molecule has 0 saturated carbocycles. The molecular formula is C16H24ClN3O2S. The number of amides is 2. The van der Waals surface area contributed by atoms with Crippen molar-refractivity contribution in [1.29, 1.82) is 0 Å². The summed E-state index contributed by atoms with van der Waals surface area (Å²) in [7, 11) is 3.46. The second-order valence-electron chi connectivity index (χ2n) is 5.60. The summed E-state index contributed by atoms with van der Waals surface area (Å²) in [6.07, 6.45) is 0.518. The van der Waals surface area contributed by atoms with Crippen LogP contribution >= 0.6 is 24.2 Å². The largest absolute Gasteiger partial charge is 0.352 e. The van der Waals surface area contributed by atoms with E-state index in [9.17, 15) is 9.59 Å². The molecule has 1 aromatic rings. The average Bonchev–Trinajstić information content (AvgIpc) is 2.53. The van der Waals surface area contributed by atoms with Crippen molar-refractivity contribution < 1.29 is 9.59 Å². The van der Waals surface area contributed by atoms with E-state index in [4.69, 9.17) is 0 Å². The van der Waals surface area contributed by atoms with Crippen LogP contribution in [0.2, 0.25) is 0 Å². The van der Waals surface area contributed by atoms with Crippen LogP contribution < -0.4 is 10.6 Å². The van der Waals surface area contributed by atoms with Crippen LogP contribution in [0, 0.1) is 0 Å². The van der Waals surface area contributed by atoms with E-state index in [-0.39, 0.29) is 30.3 Å². The van der Waals surface area contributed by atoms with Crippen LogP contribution in [0.4, 0.5) is 0 Å². The molecule has 2 amide bonds. The molecule has 0 radical (unpaired) electrons. The smallest absolute Gasteiger partial charge is 0.253 e. The fourth-order valence-corrected chi connectivity index (χ4v) is 3.22. The summed E-state index contributed by atoms with van der Waals surface area (Å²) in [5.74, 6) is 2.16. The summed E-state index contributed by atoms with van der Waals surface area (Å²) in [4.78, 5) is 25.3. The van der Waals surface area contributed by atoms with E-state index in [2.05, 4.69) is 10.6 Å². The minimum Gasteiger partial charge on any atom is -0.352 e. The number of benzene rings is 1. The Balaban J connectivity index is 0.00000264. The van der Waals surface area contributed by atoms with E-state index >= 15 is 0 Å². The molecule has 1 unspecified atom stereocenters. The third-order valence-corrected chi connectivity index (χ3v) is 4.66. The maximum absolute atomic E-state index is 11.9. The fraction of sp³-hybridized carbons (Fsp3) is 0.500. The standard InChI is InChI=1S/C16H23N3O2S.ClH/c1-19(2)16(21)13-5-3-12(4-6-13)10-18-15(20)9-14-11-22-8-7-17-14;/h3-6,14,17H,7-11H2,1-2H3,(H,18,20);1H. The number of hydrogen-bond donors (Lipinski definition) is 2. The van der Waals surface area contributed by atoms with Crippen molar-refractivity contribution in [1.82, 2.24) is 15.5 Å². The van der Waals surface area contributed by atoms with Crippen LogP contribution in [0.25, 0.3) is 0 Å². The lowest BCUT2D eigenvalue weighted by Gasteiger charge is -2.22. The SMILES string of the molecule is CN(C)C(=O)c1ccc(CNC(=O)CC2CSCCN2)cc1.Cl. The lowest BCUT2D eigenvalue weighted by molar-refractivity contribution is -0.121. The first-order valence-electron chi connectivity index (χ1n) is 7.44. The maximum Gasteiger partial charge on any atom is 0.253 e. The summed E-state index contributed by atoms with van der Waals surface area (Å²) < 4.78 is 0. The summed E-state index contributed by atoms with van der Waals surface area (Å²) in [6, 6.07) is 7.63. The molecule has 2 rings (SSSR count). The molecule has 1 aromatic carbocycles. The molecule has 1 aliphatic heterocycles. The molecule has 2 N–H and O–H groups in total. The van der Waals surface area contributed by atoms with E-state index in [0.717, 1.165) is 23.6 Å². The highest BCUT2D eigenvalue weighted by atomic mass is 35.5. The van der Waals surface area contributed by atoms with Crippen molar-refractivity contribution in [3.05, 3.63) is 35.4 Å². The molecule has 1 heterocycles. The second kappa shape index (κ2) is 9.80. The summed E-state index contributed by atoms with van der Waals surface area (Å²) in [5.41, 5.74) is 1.65. The number of carbonyl (C=O) groups excluding carboxylic acids is 2. The number of carbonyl (C=O) groups is 2. The number of nitrogens with one attached hydrogen (secondary N) is 2. The molecular weight excluding hydrogens is 334 g/mol. The number of halogens is 1. The fourth-order valence-electron chi connectivity index (χ4n) is 2.27. The van der Waals surface area contributed by atoms with Gasteiger partial charge in [0.15, 0.2) is 0 Å². The van der Waals surface area contributed by atoms with Gasteiger partial charge in [-0.1, -0.05) is 12.1 Å². The molecule has 5 nitrogen and oxygen atoms in total. The molecule has 0 bridgehead atoms. The van der Waals surface area contributed by atoms with Gasteiger partial charge in [0.2, 0.25) is 5.91 Å². The van der Waals surface area contributed by atoms with Gasteiger partial charge < -0.3 is 15.5 Å². The van der Waals surface area contributed by atoms with Crippen LogP contribution in [0.5, 0.6) is 0 Å². The quantitative estimate of drug-likeness (QED) is 0.838. The Labute approximate surface area is 148 Å². The van der Waals surface area contributed by atoms with Gasteiger partial charge in [-0.05, 0) is 17.7 Å². The van der Waals surface area contributed by atoms with Crippen LogP contribution in [-0.4, -0.2) is 54.9 Å². The molecule has 1 saturated heterocycles. The van der Waals surface area contributed by atoms with Crippen LogP contribution in [0.3, 0.4) is 0 Å². The van der Waals surface area contributed by atoms with Crippen molar-refractivity contribution in [2.45, 2.75) is 19.0 Å². The monoisotopic (exact) mass is 357 g/mol. The predicted molar refractivity (Wildman–Crippen MR) is 97.3 cm³/mol. The topological polar surface area (TPSA) is 61.4 Å². The lowest BCUT2D eigenvalue weighted by Crippen LogP contribution is -2.41. The Morgan fingerprint density at radius 1 is 1.30 bits per heavy atom. The lowest BCUT2D eigenvalue weighted by atomic mass is 10.1. The summed E-state index contributed by atoms with van der Waals surface area (Å²) in [5, 5.41) is 6.29. The van der Waals surface area contributed by atoms with Gasteiger partial charge in [0.1, 0.15) is 0 Å². The van der Waals surface area contributed by atoms with Gasteiger partial charge in [-0.3, -0.25) is 9.59 Å². The van der Waals surface area contributed by atoms with E-state index in [1.54, 1.807) is 31.1 Å². The van der Waals surface area contributed by atoms with Crippen LogP contribution in [0.15, 0.2) is 24.3 Å². The predicted octanol–water partition coefficient (Wildman–Crippen LogP) is 1.52. The highest BCUT2D eigenvalue weighted by Crippen LogP contribution is 2.10. The van der Waals surface area contributed by atoms with Gasteiger partial charge >= 0.3 is 0 Å². The minimum atomic E-state index is -0.0172. The third kappa shape index (κ3) is 6.41. The van der Waals surface area contributed by atoms with Gasteiger partial charge in [-0.2, -0.15) is 11.8 Å². The molecule has 7 heteroatoms. The molecule has 23 heavy (non-hydrogen) atoms. The van der Waals surface area contributed by atoms with E-state index < -0.39 is 0 Å². The zero-order chi connectivity index (χ0) is 15.9. The van der Waals surface area contributed by atoms with Crippen molar-refractivity contribution in [2.75, 3.05) is 32.1 Å². The highest BCUT2D eigenvalue weighted by Gasteiger charge is 2.16. The highest BCUT2D eigenvalue weighted by molar-refractivity contribution is 7.99. The van der Waals surface area contributed by atoms with Crippen LogP contribution in [0.1, 0.15) is 22.3 Å². The average molecular weight is 358 g/mol. The Hall–Kier alpha value is -1.24. The van der Waals surface area contributed by atoms with Crippen molar-refractivity contribution in [2.24, 2.45) is 0 Å². The first-order valence-corrected chi connectivity index (χ1v) is 8.60. The first kappa shape index (κ1) is 19.8. The number of nitrogens with zero attached hydrogens (tertiary/aromatic N) is 1. The minimum absolute atomic E-state index is 0. The Morgan fingerprint density at radius 2 is 2.00 bits per heavy atom. The van der Waals surface area contributed by atoms with E-state index in [1.807, 2.05) is 23.9 Å². The molecule has 1 atom stereocenters. The van der Waals surface area contributed by atoms with Crippen molar-refractivity contribution >= 4 is 36.0 Å². The van der Waals surface area contributed by atoms with E-state index in [1.165, 1.54) is 0 Å². The zero-order valence-electron chi connectivity index (χ0n) is 13.5. The third-order valence-electron chi connectivity index (χ3n) is 3.53. The van der Waals surface area contributed by atoms with Gasteiger partial charge in [0.05, 0.1) is 0 Å². The maximum atomic E-state index is 11.9. The number of hydrogen-bond acceptors (Lipinski definition) is 4. The first-order chi connectivity index (χ1) is 10.6. The molecule has 1 aliphatic rings. The molecule has 0 aromatic heterocycles. The summed E-state index contributed by atoms with van der Waals surface area (Å²) >= 11 is 1.89. The molecule has 0 aliphatic carbocycles. The van der Waals surface area contributed by atoms with Crippen molar-refractivity contribution in [3.8, 4) is 0 Å².